The second-order valence-electron chi connectivity index (χ2n) is 5.96. The molecule has 1 N–H and O–H groups in total. The van der Waals surface area contributed by atoms with E-state index < -0.39 is 0 Å². The summed E-state index contributed by atoms with van der Waals surface area (Å²) in [6.45, 7) is 7.90. The smallest absolute Gasteiger partial charge is 0.317 e. The lowest BCUT2D eigenvalue weighted by atomic mass is 10.1. The third-order valence-electron chi connectivity index (χ3n) is 4.28. The fourth-order valence-corrected chi connectivity index (χ4v) is 2.86. The van der Waals surface area contributed by atoms with E-state index in [4.69, 9.17) is 4.84 Å². The molecule has 1 heterocycles. The van der Waals surface area contributed by atoms with Crippen LogP contribution in [0, 0.1) is 0 Å². The fourth-order valence-electron chi connectivity index (χ4n) is 2.86. The third-order valence-corrected chi connectivity index (χ3v) is 4.28. The molecule has 20 heavy (non-hydrogen) atoms. The average Bonchev–Trinajstić information content (AvgIpc) is 2.91. The fraction of sp³-hybridized carbons (Fsp3) is 0.938. The van der Waals surface area contributed by atoms with E-state index in [1.807, 2.05) is 0 Å². The number of unbranched alkanes of at least 4 members (excludes halogenated alkanes) is 6. The van der Waals surface area contributed by atoms with Crippen molar-refractivity contribution in [1.29, 1.82) is 0 Å². The van der Waals surface area contributed by atoms with Crippen LogP contribution in [-0.4, -0.2) is 36.9 Å². The summed E-state index contributed by atoms with van der Waals surface area (Å²) in [5.41, 5.74) is 0. The molecule has 4 heteroatoms. The van der Waals surface area contributed by atoms with Crippen LogP contribution in [0.5, 0.6) is 0 Å². The Kier molecular flexibility index (Phi) is 8.67. The lowest BCUT2D eigenvalue weighted by Gasteiger charge is -2.28. The first-order valence-electron chi connectivity index (χ1n) is 8.56. The Morgan fingerprint density at radius 3 is 2.20 bits per heavy atom. The van der Waals surface area contributed by atoms with Crippen LogP contribution in [0.25, 0.3) is 0 Å². The van der Waals surface area contributed by atoms with Crippen LogP contribution in [0.1, 0.15) is 71.6 Å². The van der Waals surface area contributed by atoms with Crippen molar-refractivity contribution >= 4 is 6.09 Å². The highest BCUT2D eigenvalue weighted by Crippen LogP contribution is 2.19. The molecular weight excluding hydrogens is 252 g/mol. The highest BCUT2D eigenvalue weighted by Gasteiger charge is 2.35. The minimum atomic E-state index is -0.236. The van der Waals surface area contributed by atoms with E-state index in [2.05, 4.69) is 19.2 Å². The number of hydroxylamine groups is 3. The van der Waals surface area contributed by atoms with Gasteiger partial charge in [0.05, 0.1) is 0 Å². The second kappa shape index (κ2) is 10.0. The molecule has 0 bridgehead atoms. The number of nitrogens with one attached hydrogen (secondary N) is 1. The van der Waals surface area contributed by atoms with E-state index in [9.17, 15) is 4.79 Å². The molecule has 1 amide bonds. The van der Waals surface area contributed by atoms with Gasteiger partial charge in [0.1, 0.15) is 19.6 Å². The molecule has 1 aliphatic rings. The number of hydrogen-bond donors (Lipinski definition) is 1. The summed E-state index contributed by atoms with van der Waals surface area (Å²) >= 11 is 0. The molecule has 0 aromatic heterocycles. The Morgan fingerprint density at radius 1 is 1.00 bits per heavy atom. The van der Waals surface area contributed by atoms with Crippen molar-refractivity contribution in [3.8, 4) is 0 Å². The lowest BCUT2D eigenvalue weighted by molar-refractivity contribution is -1.08. The quantitative estimate of drug-likeness (QED) is 0.486. The van der Waals surface area contributed by atoms with Gasteiger partial charge < -0.3 is 5.32 Å². The summed E-state index contributed by atoms with van der Waals surface area (Å²) in [6, 6.07) is 0. The van der Waals surface area contributed by atoms with Crippen molar-refractivity contribution in [1.82, 2.24) is 5.32 Å². The summed E-state index contributed by atoms with van der Waals surface area (Å²) in [5.74, 6) is 0. The molecule has 0 atom stereocenters. The Hall–Kier alpha value is -0.770. The molecule has 0 aromatic rings. The van der Waals surface area contributed by atoms with Crippen molar-refractivity contribution in [3.05, 3.63) is 0 Å². The highest BCUT2D eigenvalue weighted by atomic mass is 16.8. The monoisotopic (exact) mass is 285 g/mol. The molecule has 0 unspecified atom stereocenters. The maximum Gasteiger partial charge on any atom is 0.461 e. The van der Waals surface area contributed by atoms with Gasteiger partial charge in [0, 0.05) is 19.4 Å². The van der Waals surface area contributed by atoms with Gasteiger partial charge in [-0.25, -0.2) is 4.79 Å². The van der Waals surface area contributed by atoms with Gasteiger partial charge in [-0.1, -0.05) is 45.4 Å². The van der Waals surface area contributed by atoms with Gasteiger partial charge in [-0.15, -0.1) is 4.65 Å². The highest BCUT2D eigenvalue weighted by molar-refractivity contribution is 5.66. The summed E-state index contributed by atoms with van der Waals surface area (Å²) in [7, 11) is 0. The Bertz CT molecular complexity index is 263. The van der Waals surface area contributed by atoms with E-state index in [1.165, 1.54) is 51.4 Å². The minimum Gasteiger partial charge on any atom is -0.317 e. The molecular formula is C16H33N2O2+. The van der Waals surface area contributed by atoms with Crippen LogP contribution < -0.4 is 5.32 Å². The summed E-state index contributed by atoms with van der Waals surface area (Å²) < 4.78 is 0.517. The van der Waals surface area contributed by atoms with Crippen molar-refractivity contribution in [2.75, 3.05) is 26.2 Å². The largest absolute Gasteiger partial charge is 0.461 e. The molecule has 0 radical (unpaired) electrons. The number of carbonyl (C=O) groups excluding carboxylic acids is 1. The van der Waals surface area contributed by atoms with E-state index in [0.29, 0.717) is 4.65 Å². The predicted octanol–water partition coefficient (Wildman–Crippen LogP) is 4.01. The number of likely N-dealkylation sites (tertiary alicyclic amines) is 1. The molecule has 0 aromatic carbocycles. The Balaban J connectivity index is 2.00. The maximum absolute atomic E-state index is 11.8. The first-order valence-corrected chi connectivity index (χ1v) is 8.56. The maximum atomic E-state index is 11.8. The van der Waals surface area contributed by atoms with Crippen LogP contribution in [0.3, 0.4) is 0 Å². The van der Waals surface area contributed by atoms with Crippen molar-refractivity contribution < 1.29 is 14.3 Å². The second-order valence-corrected chi connectivity index (χ2v) is 5.96. The minimum absolute atomic E-state index is 0.236. The van der Waals surface area contributed by atoms with Gasteiger partial charge in [-0.05, 0) is 13.3 Å². The van der Waals surface area contributed by atoms with Crippen molar-refractivity contribution in [2.45, 2.75) is 71.6 Å². The van der Waals surface area contributed by atoms with Gasteiger partial charge in [-0.3, -0.25) is 4.84 Å². The van der Waals surface area contributed by atoms with Crippen molar-refractivity contribution in [2.24, 2.45) is 0 Å². The van der Waals surface area contributed by atoms with Crippen molar-refractivity contribution in [3.63, 3.8) is 0 Å². The van der Waals surface area contributed by atoms with Gasteiger partial charge in [-0.2, -0.15) is 0 Å². The number of hydrogen-bond acceptors (Lipinski definition) is 2. The van der Waals surface area contributed by atoms with Crippen LogP contribution in [0.4, 0.5) is 4.79 Å². The number of quaternary nitrogens is 1. The zero-order valence-electron chi connectivity index (χ0n) is 13.5. The van der Waals surface area contributed by atoms with E-state index in [1.54, 1.807) is 0 Å². The number of nitrogens with zero attached hydrogens (tertiary/aromatic N) is 1. The van der Waals surface area contributed by atoms with Gasteiger partial charge in [0.15, 0.2) is 0 Å². The van der Waals surface area contributed by atoms with Gasteiger partial charge in [0.2, 0.25) is 0 Å². The molecule has 4 nitrogen and oxygen atoms in total. The molecule has 0 aliphatic carbocycles. The molecule has 0 saturated carbocycles. The average molecular weight is 285 g/mol. The van der Waals surface area contributed by atoms with Gasteiger partial charge >= 0.3 is 6.09 Å². The van der Waals surface area contributed by atoms with Crippen LogP contribution in [-0.2, 0) is 4.84 Å². The molecule has 1 rings (SSSR count). The van der Waals surface area contributed by atoms with Crippen LogP contribution in [0.15, 0.2) is 0 Å². The lowest BCUT2D eigenvalue weighted by Crippen LogP contribution is -2.48. The molecule has 0 spiro atoms. The first kappa shape index (κ1) is 17.3. The Labute approximate surface area is 124 Å². The molecule has 1 fully saturated rings. The zero-order valence-corrected chi connectivity index (χ0v) is 13.5. The summed E-state index contributed by atoms with van der Waals surface area (Å²) in [4.78, 5) is 17.4. The van der Waals surface area contributed by atoms with E-state index >= 15 is 0 Å². The number of carbonyl (C=O) groups is 1. The predicted molar refractivity (Wildman–Crippen MR) is 82.2 cm³/mol. The van der Waals surface area contributed by atoms with E-state index in [0.717, 1.165) is 32.6 Å². The molecule has 118 valence electrons. The third kappa shape index (κ3) is 6.60. The van der Waals surface area contributed by atoms with Crippen LogP contribution >= 0.6 is 0 Å². The summed E-state index contributed by atoms with van der Waals surface area (Å²) in [6.07, 6.45) is 11.0. The Morgan fingerprint density at radius 2 is 1.60 bits per heavy atom. The van der Waals surface area contributed by atoms with E-state index in [-0.39, 0.29) is 6.09 Å². The molecule has 1 aliphatic heterocycles. The number of rotatable bonds is 10. The topological polar surface area (TPSA) is 38.3 Å². The summed E-state index contributed by atoms with van der Waals surface area (Å²) in [5, 5.41) is 2.89. The van der Waals surface area contributed by atoms with Gasteiger partial charge in [0.25, 0.3) is 0 Å². The standard InChI is InChI=1S/C16H32N2O2/c1-3-5-6-7-8-9-10-13-17-16(19)20-18(4-2)14-11-12-15-18/h3-15H2,1-2H3/p+1. The SMILES string of the molecule is CCCCCCCCCNC(=O)O[N+]1(CC)CCCC1. The normalized spacial score (nSPS) is 17.1. The number of amides is 1. The van der Waals surface area contributed by atoms with Crippen LogP contribution in [0.2, 0.25) is 0 Å². The zero-order chi connectivity index (χ0) is 14.7. The first-order chi connectivity index (χ1) is 9.72. The molecule has 1 saturated heterocycles.